The highest BCUT2D eigenvalue weighted by atomic mass is 19.1. The second-order valence-corrected chi connectivity index (χ2v) is 2.33. The Morgan fingerprint density at radius 2 is 2.38 bits per heavy atom. The van der Waals surface area contributed by atoms with Gasteiger partial charge in [-0.1, -0.05) is 0 Å². The van der Waals surface area contributed by atoms with Crippen molar-refractivity contribution in [3.8, 4) is 0 Å². The fourth-order valence-corrected chi connectivity index (χ4v) is 0.826. The van der Waals surface area contributed by atoms with E-state index >= 15 is 0 Å². The van der Waals surface area contributed by atoms with Gasteiger partial charge in [-0.3, -0.25) is 0 Å². The third-order valence-electron chi connectivity index (χ3n) is 1.30. The maximum Gasteiger partial charge on any atom is 0.357 e. The minimum absolute atomic E-state index is 0.112. The lowest BCUT2D eigenvalue weighted by molar-refractivity contribution is 0.0518. The Kier molecular flexibility index (Phi) is 2.79. The Bertz CT molecular complexity index is 308. The van der Waals surface area contributed by atoms with Gasteiger partial charge >= 0.3 is 5.97 Å². The molecule has 0 spiro atoms. The standard InChI is InChI=1S/C8H9FN2O2/c1-2-13-8(12)6-3-5(10)4-7(9)11-6/h3-4H,2H2,1H3,(H2,10,11). The van der Waals surface area contributed by atoms with Crippen molar-refractivity contribution in [2.45, 2.75) is 6.92 Å². The minimum atomic E-state index is -0.789. The van der Waals surface area contributed by atoms with Crippen LogP contribution in [0.25, 0.3) is 0 Å². The number of nitrogen functional groups attached to an aromatic ring is 1. The summed E-state index contributed by atoms with van der Waals surface area (Å²) < 4.78 is 17.2. The number of nitrogens with two attached hydrogens (primary N) is 1. The number of nitrogens with zero attached hydrogens (tertiary/aromatic N) is 1. The molecule has 0 unspecified atom stereocenters. The van der Waals surface area contributed by atoms with Crippen LogP contribution in [0.1, 0.15) is 17.4 Å². The number of carbonyl (C=O) groups is 1. The van der Waals surface area contributed by atoms with Crippen molar-refractivity contribution in [1.82, 2.24) is 4.98 Å². The third kappa shape index (κ3) is 2.40. The van der Waals surface area contributed by atoms with Crippen LogP contribution in [0.5, 0.6) is 0 Å². The SMILES string of the molecule is CCOC(=O)c1cc(N)cc(F)n1. The van der Waals surface area contributed by atoms with Gasteiger partial charge in [0.15, 0.2) is 5.69 Å². The van der Waals surface area contributed by atoms with E-state index in [9.17, 15) is 9.18 Å². The number of anilines is 1. The summed E-state index contributed by atoms with van der Waals surface area (Å²) in [6.07, 6.45) is 0. The molecule has 70 valence electrons. The number of ether oxygens (including phenoxy) is 1. The van der Waals surface area contributed by atoms with Gasteiger partial charge in [-0.25, -0.2) is 9.78 Å². The van der Waals surface area contributed by atoms with E-state index in [2.05, 4.69) is 9.72 Å². The zero-order valence-corrected chi connectivity index (χ0v) is 7.08. The quantitative estimate of drug-likeness (QED) is 0.549. The molecule has 0 atom stereocenters. The molecule has 0 radical (unpaired) electrons. The number of aromatic nitrogens is 1. The van der Waals surface area contributed by atoms with Gasteiger partial charge in [0.2, 0.25) is 5.95 Å². The monoisotopic (exact) mass is 184 g/mol. The van der Waals surface area contributed by atoms with Gasteiger partial charge in [0, 0.05) is 11.8 Å². The molecule has 1 aromatic heterocycles. The van der Waals surface area contributed by atoms with Gasteiger partial charge in [0.1, 0.15) is 0 Å². The molecule has 0 fully saturated rings. The van der Waals surface area contributed by atoms with Crippen LogP contribution in [-0.2, 0) is 4.74 Å². The zero-order valence-electron chi connectivity index (χ0n) is 7.08. The molecule has 1 rings (SSSR count). The lowest BCUT2D eigenvalue weighted by atomic mass is 10.3. The summed E-state index contributed by atoms with van der Waals surface area (Å²) in [6.45, 7) is 1.87. The summed E-state index contributed by atoms with van der Waals surface area (Å²) in [5, 5.41) is 0. The predicted octanol–water partition coefficient (Wildman–Crippen LogP) is 0.980. The maximum atomic E-state index is 12.6. The van der Waals surface area contributed by atoms with Crippen molar-refractivity contribution in [3.63, 3.8) is 0 Å². The highest BCUT2D eigenvalue weighted by Gasteiger charge is 2.09. The Morgan fingerprint density at radius 1 is 1.69 bits per heavy atom. The first-order valence-corrected chi connectivity index (χ1v) is 3.73. The zero-order chi connectivity index (χ0) is 9.84. The van der Waals surface area contributed by atoms with Gasteiger partial charge in [0.25, 0.3) is 0 Å². The lowest BCUT2D eigenvalue weighted by Gasteiger charge is -2.01. The average molecular weight is 184 g/mol. The van der Waals surface area contributed by atoms with E-state index in [1.54, 1.807) is 6.92 Å². The first-order chi connectivity index (χ1) is 6.13. The van der Waals surface area contributed by atoms with Crippen molar-refractivity contribution in [2.75, 3.05) is 12.3 Å². The van der Waals surface area contributed by atoms with Crippen LogP contribution in [0.15, 0.2) is 12.1 Å². The van der Waals surface area contributed by atoms with Crippen molar-refractivity contribution < 1.29 is 13.9 Å². The number of esters is 1. The summed E-state index contributed by atoms with van der Waals surface area (Å²) in [4.78, 5) is 14.4. The molecule has 0 aromatic carbocycles. The van der Waals surface area contributed by atoms with Crippen LogP contribution in [-0.4, -0.2) is 17.6 Å². The van der Waals surface area contributed by atoms with Crippen molar-refractivity contribution in [3.05, 3.63) is 23.8 Å². The second-order valence-electron chi connectivity index (χ2n) is 2.33. The molecule has 0 aliphatic carbocycles. The van der Waals surface area contributed by atoms with Crippen molar-refractivity contribution in [1.29, 1.82) is 0 Å². The molecule has 0 saturated carbocycles. The molecular weight excluding hydrogens is 175 g/mol. The molecule has 0 aliphatic rings. The van der Waals surface area contributed by atoms with E-state index in [0.717, 1.165) is 6.07 Å². The molecule has 1 aromatic rings. The lowest BCUT2D eigenvalue weighted by Crippen LogP contribution is -2.08. The Morgan fingerprint density at radius 3 is 2.92 bits per heavy atom. The Labute approximate surface area is 74.5 Å². The molecule has 4 nitrogen and oxygen atoms in total. The van der Waals surface area contributed by atoms with E-state index < -0.39 is 11.9 Å². The van der Waals surface area contributed by atoms with E-state index in [4.69, 9.17) is 5.73 Å². The van der Waals surface area contributed by atoms with Crippen LogP contribution in [0.2, 0.25) is 0 Å². The normalized spacial score (nSPS) is 9.69. The molecule has 13 heavy (non-hydrogen) atoms. The number of rotatable bonds is 2. The van der Waals surface area contributed by atoms with Crippen molar-refractivity contribution >= 4 is 11.7 Å². The fraction of sp³-hybridized carbons (Fsp3) is 0.250. The molecular formula is C8H9FN2O2. The molecule has 0 bridgehead atoms. The molecule has 0 aliphatic heterocycles. The molecule has 1 heterocycles. The summed E-state index contributed by atoms with van der Waals surface area (Å²) >= 11 is 0. The van der Waals surface area contributed by atoms with Crippen LogP contribution in [0, 0.1) is 5.95 Å². The van der Waals surface area contributed by atoms with Gasteiger partial charge < -0.3 is 10.5 Å². The van der Waals surface area contributed by atoms with Crippen LogP contribution in [0.3, 0.4) is 0 Å². The van der Waals surface area contributed by atoms with Gasteiger partial charge in [-0.05, 0) is 13.0 Å². The molecule has 0 amide bonds. The predicted molar refractivity (Wildman–Crippen MR) is 44.6 cm³/mol. The second kappa shape index (κ2) is 3.84. The van der Waals surface area contributed by atoms with Gasteiger partial charge in [-0.15, -0.1) is 0 Å². The summed E-state index contributed by atoms with van der Waals surface area (Å²) in [5.74, 6) is -1.46. The van der Waals surface area contributed by atoms with Crippen LogP contribution < -0.4 is 5.73 Å². The largest absolute Gasteiger partial charge is 0.461 e. The summed E-state index contributed by atoms with van der Waals surface area (Å²) in [6, 6.07) is 2.30. The molecule has 2 N–H and O–H groups in total. The average Bonchev–Trinajstić information content (AvgIpc) is 2.03. The number of carbonyl (C=O) groups excluding carboxylic acids is 1. The number of pyridine rings is 1. The fourth-order valence-electron chi connectivity index (χ4n) is 0.826. The Hall–Kier alpha value is -1.65. The molecule has 0 saturated heterocycles. The smallest absolute Gasteiger partial charge is 0.357 e. The van der Waals surface area contributed by atoms with Crippen LogP contribution >= 0.6 is 0 Å². The van der Waals surface area contributed by atoms with E-state index in [1.807, 2.05) is 0 Å². The number of halogens is 1. The van der Waals surface area contributed by atoms with Gasteiger partial charge in [-0.2, -0.15) is 4.39 Å². The van der Waals surface area contributed by atoms with E-state index in [1.165, 1.54) is 6.07 Å². The van der Waals surface area contributed by atoms with Gasteiger partial charge in [0.05, 0.1) is 6.61 Å². The van der Waals surface area contributed by atoms with E-state index in [-0.39, 0.29) is 18.0 Å². The maximum absolute atomic E-state index is 12.6. The minimum Gasteiger partial charge on any atom is -0.461 e. The third-order valence-corrected chi connectivity index (χ3v) is 1.30. The number of hydrogen-bond donors (Lipinski definition) is 1. The highest BCUT2D eigenvalue weighted by Crippen LogP contribution is 2.07. The highest BCUT2D eigenvalue weighted by molar-refractivity contribution is 5.88. The summed E-state index contributed by atoms with van der Waals surface area (Å²) in [5.41, 5.74) is 5.34. The van der Waals surface area contributed by atoms with Crippen molar-refractivity contribution in [2.24, 2.45) is 0 Å². The molecule has 5 heteroatoms. The summed E-state index contributed by atoms with van der Waals surface area (Å²) in [7, 11) is 0. The van der Waals surface area contributed by atoms with Crippen LogP contribution in [0.4, 0.5) is 10.1 Å². The first-order valence-electron chi connectivity index (χ1n) is 3.73. The van der Waals surface area contributed by atoms with E-state index in [0.29, 0.717) is 0 Å². The first kappa shape index (κ1) is 9.44. The Balaban J connectivity index is 2.94. The topological polar surface area (TPSA) is 65.2 Å². The number of hydrogen-bond acceptors (Lipinski definition) is 4.